The summed E-state index contributed by atoms with van der Waals surface area (Å²) >= 11 is 6.07. The molecule has 0 aliphatic rings. The molecule has 0 radical (unpaired) electrons. The van der Waals surface area contributed by atoms with Crippen LogP contribution >= 0.6 is 11.6 Å². The van der Waals surface area contributed by atoms with E-state index in [9.17, 15) is 4.79 Å². The molecule has 5 nitrogen and oxygen atoms in total. The molecule has 0 saturated heterocycles. The Bertz CT molecular complexity index is 609. The average Bonchev–Trinajstić information content (AvgIpc) is 2.88. The number of hydrogen-bond acceptors (Lipinski definition) is 4. The Morgan fingerprint density at radius 1 is 1.45 bits per heavy atom. The first-order valence-electron chi connectivity index (χ1n) is 6.07. The average molecular weight is 296 g/mol. The van der Waals surface area contributed by atoms with Crippen molar-refractivity contribution in [3.05, 3.63) is 46.9 Å². The maximum Gasteiger partial charge on any atom is 0.338 e. The lowest BCUT2D eigenvalue weighted by Gasteiger charge is -2.09. The van der Waals surface area contributed by atoms with Gasteiger partial charge in [0.1, 0.15) is 17.8 Å². The molecule has 2 N–H and O–H groups in total. The number of nitrogens with one attached hydrogen (secondary N) is 1. The zero-order chi connectivity index (χ0) is 14.5. The van der Waals surface area contributed by atoms with Crippen molar-refractivity contribution in [3.8, 4) is 5.75 Å². The highest BCUT2D eigenvalue weighted by Gasteiger charge is 2.08. The summed E-state index contributed by atoms with van der Waals surface area (Å²) < 4.78 is 10.5. The van der Waals surface area contributed by atoms with E-state index < -0.39 is 5.97 Å². The lowest BCUT2D eigenvalue weighted by molar-refractivity contribution is 0.0696. The Labute approximate surface area is 121 Å². The largest absolute Gasteiger partial charge is 0.492 e. The molecule has 0 amide bonds. The number of carboxylic acids is 1. The van der Waals surface area contributed by atoms with Crippen LogP contribution in [0.15, 0.2) is 34.9 Å². The Kier molecular flexibility index (Phi) is 4.53. The number of hydrogen-bond donors (Lipinski definition) is 2. The van der Waals surface area contributed by atoms with Crippen molar-refractivity contribution in [2.75, 3.05) is 11.9 Å². The second kappa shape index (κ2) is 6.34. The highest BCUT2D eigenvalue weighted by Crippen LogP contribution is 2.27. The number of ether oxygens (including phenoxy) is 1. The molecule has 0 aliphatic heterocycles. The molecule has 0 aliphatic carbocycles. The lowest BCUT2D eigenvalue weighted by atomic mass is 10.3. The maximum atomic E-state index is 10.7. The van der Waals surface area contributed by atoms with E-state index in [1.807, 2.05) is 13.0 Å². The van der Waals surface area contributed by atoms with E-state index in [0.29, 0.717) is 29.7 Å². The number of carboxylic acid groups (broad SMARTS) is 1. The Morgan fingerprint density at radius 2 is 2.25 bits per heavy atom. The van der Waals surface area contributed by atoms with Crippen molar-refractivity contribution in [1.82, 2.24) is 0 Å². The quantitative estimate of drug-likeness (QED) is 0.851. The second-order valence-electron chi connectivity index (χ2n) is 4.04. The molecular weight excluding hydrogens is 282 g/mol. The van der Waals surface area contributed by atoms with Gasteiger partial charge >= 0.3 is 5.97 Å². The fourth-order valence-corrected chi connectivity index (χ4v) is 1.89. The molecule has 0 fully saturated rings. The molecule has 2 rings (SSSR count). The zero-order valence-corrected chi connectivity index (χ0v) is 11.6. The van der Waals surface area contributed by atoms with E-state index in [-0.39, 0.29) is 5.56 Å². The van der Waals surface area contributed by atoms with Gasteiger partial charge in [-0.3, -0.25) is 0 Å². The van der Waals surface area contributed by atoms with Gasteiger partial charge in [0.25, 0.3) is 0 Å². The van der Waals surface area contributed by atoms with Crippen molar-refractivity contribution in [1.29, 1.82) is 0 Å². The zero-order valence-electron chi connectivity index (χ0n) is 10.9. The van der Waals surface area contributed by atoms with Gasteiger partial charge in [-0.25, -0.2) is 4.79 Å². The van der Waals surface area contributed by atoms with Crippen LogP contribution in [0, 0.1) is 0 Å². The van der Waals surface area contributed by atoms with Gasteiger partial charge in [0, 0.05) is 5.69 Å². The van der Waals surface area contributed by atoms with Gasteiger partial charge in [0.05, 0.1) is 23.7 Å². The third-order valence-corrected chi connectivity index (χ3v) is 2.89. The number of anilines is 1. The summed E-state index contributed by atoms with van der Waals surface area (Å²) in [6.07, 6.45) is 1.21. The monoisotopic (exact) mass is 295 g/mol. The smallest absolute Gasteiger partial charge is 0.338 e. The number of aromatic carboxylic acids is 1. The van der Waals surface area contributed by atoms with Crippen molar-refractivity contribution >= 4 is 23.3 Å². The number of furan rings is 1. The fourth-order valence-electron chi connectivity index (χ4n) is 1.66. The molecule has 0 bridgehead atoms. The van der Waals surface area contributed by atoms with Crippen molar-refractivity contribution in [2.45, 2.75) is 13.5 Å². The predicted octanol–water partition coefficient (Wildman–Crippen LogP) is 3.64. The first-order valence-corrected chi connectivity index (χ1v) is 6.45. The van der Waals surface area contributed by atoms with Crippen LogP contribution in [0.2, 0.25) is 5.02 Å². The summed E-state index contributed by atoms with van der Waals surface area (Å²) in [5, 5.41) is 12.4. The van der Waals surface area contributed by atoms with Crippen LogP contribution in [0.4, 0.5) is 5.69 Å². The van der Waals surface area contributed by atoms with Gasteiger partial charge in [-0.15, -0.1) is 0 Å². The van der Waals surface area contributed by atoms with Gasteiger partial charge in [-0.2, -0.15) is 0 Å². The molecule has 106 valence electrons. The number of halogens is 1. The molecule has 20 heavy (non-hydrogen) atoms. The summed E-state index contributed by atoms with van der Waals surface area (Å²) in [5.41, 5.74) is 0.929. The van der Waals surface area contributed by atoms with Gasteiger partial charge in [0.15, 0.2) is 0 Å². The van der Waals surface area contributed by atoms with E-state index in [2.05, 4.69) is 5.32 Å². The molecule has 1 aromatic carbocycles. The molecule has 0 atom stereocenters. The van der Waals surface area contributed by atoms with Gasteiger partial charge in [0.2, 0.25) is 0 Å². The number of benzene rings is 1. The van der Waals surface area contributed by atoms with Crippen LogP contribution in [-0.4, -0.2) is 17.7 Å². The standard InChI is InChI=1S/C14H14ClNO4/c1-2-19-13-4-3-10(6-12(13)15)16-7-11-5-9(8-20-11)14(17)18/h3-6,8,16H,2,7H2,1H3,(H,17,18). The summed E-state index contributed by atoms with van der Waals surface area (Å²) in [4.78, 5) is 10.7. The van der Waals surface area contributed by atoms with Crippen LogP contribution in [0.5, 0.6) is 5.75 Å². The third-order valence-electron chi connectivity index (χ3n) is 2.60. The molecule has 2 aromatic rings. The highest BCUT2D eigenvalue weighted by atomic mass is 35.5. The number of carbonyl (C=O) groups is 1. The van der Waals surface area contributed by atoms with E-state index in [1.54, 1.807) is 12.1 Å². The third kappa shape index (κ3) is 3.45. The van der Waals surface area contributed by atoms with E-state index >= 15 is 0 Å². The van der Waals surface area contributed by atoms with Crippen molar-refractivity contribution in [2.24, 2.45) is 0 Å². The van der Waals surface area contributed by atoms with Gasteiger partial charge in [-0.05, 0) is 31.2 Å². The van der Waals surface area contributed by atoms with Crippen LogP contribution in [0.25, 0.3) is 0 Å². The van der Waals surface area contributed by atoms with Crippen LogP contribution in [0.1, 0.15) is 23.0 Å². The lowest BCUT2D eigenvalue weighted by Crippen LogP contribution is -1.99. The molecule has 0 saturated carbocycles. The van der Waals surface area contributed by atoms with E-state index in [4.69, 9.17) is 25.9 Å². The Hall–Kier alpha value is -2.14. The molecule has 6 heteroatoms. The molecule has 0 unspecified atom stereocenters. The van der Waals surface area contributed by atoms with Crippen LogP contribution in [-0.2, 0) is 6.54 Å². The van der Waals surface area contributed by atoms with Crippen molar-refractivity contribution in [3.63, 3.8) is 0 Å². The summed E-state index contributed by atoms with van der Waals surface area (Å²) in [6.45, 7) is 2.81. The highest BCUT2D eigenvalue weighted by molar-refractivity contribution is 6.32. The topological polar surface area (TPSA) is 71.7 Å². The van der Waals surface area contributed by atoms with Crippen LogP contribution in [0.3, 0.4) is 0 Å². The first kappa shape index (κ1) is 14.3. The minimum Gasteiger partial charge on any atom is -0.492 e. The minimum absolute atomic E-state index is 0.131. The molecule has 0 spiro atoms. The second-order valence-corrected chi connectivity index (χ2v) is 4.45. The summed E-state index contributed by atoms with van der Waals surface area (Å²) in [6, 6.07) is 6.83. The SMILES string of the molecule is CCOc1ccc(NCc2cc(C(=O)O)co2)cc1Cl. The normalized spacial score (nSPS) is 10.3. The van der Waals surface area contributed by atoms with E-state index in [0.717, 1.165) is 5.69 Å². The predicted molar refractivity (Wildman–Crippen MR) is 75.6 cm³/mol. The summed E-state index contributed by atoms with van der Waals surface area (Å²) in [5.74, 6) is 0.155. The summed E-state index contributed by atoms with van der Waals surface area (Å²) in [7, 11) is 0. The van der Waals surface area contributed by atoms with Crippen molar-refractivity contribution < 1.29 is 19.1 Å². The van der Waals surface area contributed by atoms with E-state index in [1.165, 1.54) is 12.3 Å². The molecular formula is C14H14ClNO4. The van der Waals surface area contributed by atoms with Gasteiger partial charge < -0.3 is 19.6 Å². The molecule has 1 aromatic heterocycles. The minimum atomic E-state index is -1.01. The Morgan fingerprint density at radius 3 is 2.85 bits per heavy atom. The van der Waals surface area contributed by atoms with Gasteiger partial charge in [-0.1, -0.05) is 11.6 Å². The Balaban J connectivity index is 1.99. The first-order chi connectivity index (χ1) is 9.60. The fraction of sp³-hybridized carbons (Fsp3) is 0.214. The maximum absolute atomic E-state index is 10.7. The molecule has 1 heterocycles. The number of rotatable bonds is 6. The van der Waals surface area contributed by atoms with Crippen LogP contribution < -0.4 is 10.1 Å².